The number of phosphoric ester groups is 3. The van der Waals surface area contributed by atoms with Crippen molar-refractivity contribution in [1.29, 1.82) is 0 Å². The van der Waals surface area contributed by atoms with Gasteiger partial charge in [-0.25, -0.2) is 42.8 Å². The number of nitrogens with two attached hydrogens (primary N) is 3. The lowest BCUT2D eigenvalue weighted by molar-refractivity contribution is -0.745. The van der Waals surface area contributed by atoms with Crippen LogP contribution in [0.25, 0.3) is 33.5 Å². The Balaban J connectivity index is 0.874. The van der Waals surface area contributed by atoms with Gasteiger partial charge in [-0.05, 0) is 6.42 Å². The number of methoxy groups -OCH3 is 2. The molecule has 3 fully saturated rings. The summed E-state index contributed by atoms with van der Waals surface area (Å²) < 4.78 is 115. The van der Waals surface area contributed by atoms with Crippen molar-refractivity contribution in [3.8, 4) is 12.5 Å². The Morgan fingerprint density at radius 3 is 2.00 bits per heavy atom. The molecule has 16 atom stereocenters. The summed E-state index contributed by atoms with van der Waals surface area (Å²) in [5.41, 5.74) is 15.3. The Kier molecular flexibility index (Phi) is 16.5. The normalized spacial score (nSPS) is 29.4. The summed E-state index contributed by atoms with van der Waals surface area (Å²) in [5, 5.41) is 33.2. The summed E-state index contributed by atoms with van der Waals surface area (Å²) in [6, 6.07) is 2.24. The summed E-state index contributed by atoms with van der Waals surface area (Å²) in [5.74, 6) is -1.71. The lowest BCUT2D eigenvalue weighted by Gasteiger charge is -2.26. The molecule has 6 aromatic rings. The largest absolute Gasteiger partial charge is 0.490 e. The number of aliphatic hydroxyl groups is 3. The van der Waals surface area contributed by atoms with E-state index in [-0.39, 0.29) is 64.2 Å². The third-order valence-corrected chi connectivity index (χ3v) is 17.6. The third-order valence-electron chi connectivity index (χ3n) is 12.4. The fourth-order valence-corrected chi connectivity index (χ4v) is 13.4. The van der Waals surface area contributed by atoms with Crippen LogP contribution in [0.2, 0.25) is 0 Å². The standard InChI is InChI=1S/C36H47N15O24P4/c1-4-48-13-51(29-20(48)31(56)47-36(39)45-29)32-21(52)14(5-6-65-2)15(70-32)7-68-77(59,60)74-79(63,64)75-78(61,62)69-9-17-24(25(66-3)34(72-17)49-11-42-18-26(37)40-10-41-27(18)49)73-76(57,58)67-8-16-22(53)23(54)33(71-16)50-12-43-19-28(50)44-35(38)46-30(19)55/h1,10-17,21-25,32-34,52-54H,5-9H2,2-3H3,(H11-,37,38,39,40,41,44,45,46,47,55,56,57,58,59,60,61,62,63,64)/p+1/t14-,15-,16-,17-,21-,22-,23-,24-,25-,32?,33-,34-/m1/s1. The number of aromatic amines is 2. The molecule has 0 aliphatic carbocycles. The van der Waals surface area contributed by atoms with Gasteiger partial charge >= 0.3 is 36.9 Å². The van der Waals surface area contributed by atoms with Crippen LogP contribution in [-0.2, 0) is 68.7 Å². The van der Waals surface area contributed by atoms with Crippen molar-refractivity contribution < 1.29 is 108 Å². The van der Waals surface area contributed by atoms with E-state index in [1.165, 1.54) is 22.6 Å². The van der Waals surface area contributed by atoms with E-state index in [2.05, 4.69) is 54.5 Å². The molecule has 3 aliphatic heterocycles. The molecule has 3 saturated heterocycles. The molecule has 3 aliphatic rings. The fraction of sp³-hybridized carbons (Fsp3) is 0.528. The third kappa shape index (κ3) is 11.9. The first kappa shape index (κ1) is 58.1. The molecule has 0 saturated carbocycles. The lowest BCUT2D eigenvalue weighted by Crippen LogP contribution is -2.45. The summed E-state index contributed by atoms with van der Waals surface area (Å²) in [6.45, 7) is -3.22. The monoisotopic (exact) mass is 1200 g/mol. The zero-order valence-corrected chi connectivity index (χ0v) is 44.0. The lowest BCUT2D eigenvalue weighted by atomic mass is 9.95. The number of imidazole rings is 3. The first-order chi connectivity index (χ1) is 37.2. The molecule has 0 bridgehead atoms. The zero-order valence-electron chi connectivity index (χ0n) is 40.4. The van der Waals surface area contributed by atoms with Crippen LogP contribution in [0.15, 0.2) is 34.9 Å². The SMILES string of the molecule is C#Cn1c[n+](C2O[C@H](COP(=O)(O)OP(=O)(O)OP(=O)(O)OC[C@H]3O[C@@H](n4cnc5c(N)ncnc54)[C@H](OC)[C@@H]3OP(=O)(O)OC[C@H]3O[C@@H](n4cnc5c(=O)[nH]c(N)nc54)[C@H](O)[C@@H]3O)[C@@H](CCOC)[C@H]2O)c2nc(N)[nH]c(=O)c21. The number of aliphatic hydroxyl groups excluding tert-OH is 3. The van der Waals surface area contributed by atoms with Gasteiger partial charge in [0.15, 0.2) is 35.1 Å². The summed E-state index contributed by atoms with van der Waals surface area (Å²) in [6.07, 6.45) is -7.63. The molecule has 79 heavy (non-hydrogen) atoms. The van der Waals surface area contributed by atoms with Gasteiger partial charge in [-0.1, -0.05) is 11.4 Å². The molecular weight excluding hydrogens is 1150 g/mol. The number of aromatic nitrogens is 12. The van der Waals surface area contributed by atoms with Crippen molar-refractivity contribution in [3.63, 3.8) is 0 Å². The van der Waals surface area contributed by atoms with Gasteiger partial charge in [-0.2, -0.15) is 18.2 Å². The molecule has 0 amide bonds. The second kappa shape index (κ2) is 22.4. The number of nitrogen functional groups attached to an aromatic ring is 3. The number of anilines is 3. The Hall–Kier alpha value is -5.59. The maximum absolute atomic E-state index is 13.7. The quantitative estimate of drug-likeness (QED) is 0.0178. The van der Waals surface area contributed by atoms with Crippen LogP contribution < -0.4 is 32.9 Å². The van der Waals surface area contributed by atoms with E-state index in [0.717, 1.165) is 35.2 Å². The number of rotatable bonds is 22. The van der Waals surface area contributed by atoms with Crippen LogP contribution in [0.5, 0.6) is 0 Å². The van der Waals surface area contributed by atoms with Crippen LogP contribution in [-0.4, -0.2) is 178 Å². The predicted octanol–water partition coefficient (Wildman–Crippen LogP) is -3.52. The van der Waals surface area contributed by atoms with Crippen molar-refractivity contribution in [2.24, 2.45) is 5.92 Å². The van der Waals surface area contributed by atoms with Gasteiger partial charge in [0.05, 0.1) is 44.6 Å². The molecule has 9 heterocycles. The Morgan fingerprint density at radius 2 is 1.33 bits per heavy atom. The first-order valence-electron chi connectivity index (χ1n) is 22.6. The number of fused-ring (bicyclic) bond motifs is 3. The van der Waals surface area contributed by atoms with Crippen LogP contribution in [0, 0.1) is 18.4 Å². The topological polar surface area (TPSA) is 551 Å². The Labute approximate surface area is 439 Å². The number of terminal acetylenes is 1. The van der Waals surface area contributed by atoms with E-state index in [0.29, 0.717) is 0 Å². The van der Waals surface area contributed by atoms with E-state index in [1.54, 1.807) is 0 Å². The van der Waals surface area contributed by atoms with E-state index in [1.807, 2.05) is 0 Å². The maximum atomic E-state index is 13.7. The van der Waals surface area contributed by atoms with Gasteiger partial charge in [0.2, 0.25) is 18.5 Å². The highest BCUT2D eigenvalue weighted by Crippen LogP contribution is 2.68. The Morgan fingerprint density at radius 1 is 0.722 bits per heavy atom. The van der Waals surface area contributed by atoms with Gasteiger partial charge in [-0.15, -0.1) is 0 Å². The number of nitrogens with zero attached hydrogens (tertiary/aromatic N) is 10. The minimum atomic E-state index is -6.20. The predicted molar refractivity (Wildman–Crippen MR) is 256 cm³/mol. The van der Waals surface area contributed by atoms with Gasteiger partial charge in [0, 0.05) is 26.7 Å². The second-order valence-corrected chi connectivity index (χ2v) is 23.4. The minimum absolute atomic E-state index is 0.00132. The average Bonchev–Trinajstić information content (AvgIpc) is 4.45. The molecule has 5 unspecified atom stereocenters. The van der Waals surface area contributed by atoms with Gasteiger partial charge in [0.25, 0.3) is 22.6 Å². The highest BCUT2D eigenvalue weighted by Gasteiger charge is 2.54. The van der Waals surface area contributed by atoms with Crippen molar-refractivity contribution >= 4 is 82.5 Å². The smallest absolute Gasteiger partial charge is 0.387 e. The Bertz CT molecular complexity index is 3630. The first-order valence-corrected chi connectivity index (χ1v) is 28.5. The van der Waals surface area contributed by atoms with Crippen molar-refractivity contribution in [1.82, 2.24) is 53.6 Å². The maximum Gasteiger partial charge on any atom is 0.490 e. The van der Waals surface area contributed by atoms with Crippen LogP contribution >= 0.6 is 31.3 Å². The van der Waals surface area contributed by atoms with Crippen molar-refractivity contribution in [2.45, 2.75) is 73.9 Å². The summed E-state index contributed by atoms with van der Waals surface area (Å²) >= 11 is 0. The highest BCUT2D eigenvalue weighted by molar-refractivity contribution is 7.66. The number of nitrogens with one attached hydrogen (secondary N) is 2. The van der Waals surface area contributed by atoms with Crippen molar-refractivity contribution in [2.75, 3.05) is 57.8 Å². The molecule has 430 valence electrons. The van der Waals surface area contributed by atoms with Gasteiger partial charge < -0.3 is 75.8 Å². The molecule has 0 spiro atoms. The van der Waals surface area contributed by atoms with E-state index >= 15 is 0 Å². The number of phosphoric acid groups is 4. The highest BCUT2D eigenvalue weighted by atomic mass is 31.3. The summed E-state index contributed by atoms with van der Waals surface area (Å²) in [7, 11) is -21.0. The van der Waals surface area contributed by atoms with E-state index in [4.69, 9.17) is 65.4 Å². The molecule has 9 rings (SSSR count). The number of hydrogen-bond donors (Lipinski definition) is 12. The zero-order chi connectivity index (χ0) is 57.1. The number of hydrogen-bond acceptors (Lipinski definition) is 29. The minimum Gasteiger partial charge on any atom is -0.387 e. The average molecular weight is 1200 g/mol. The summed E-state index contributed by atoms with van der Waals surface area (Å²) in [4.78, 5) is 96.6. The molecule has 0 aromatic carbocycles. The van der Waals surface area contributed by atoms with Crippen LogP contribution in [0.3, 0.4) is 0 Å². The van der Waals surface area contributed by atoms with E-state index < -0.39 is 136 Å². The second-order valence-electron chi connectivity index (χ2n) is 17.3. The molecule has 6 aromatic heterocycles. The number of ether oxygens (including phenoxy) is 5. The molecule has 39 nitrogen and oxygen atoms in total. The van der Waals surface area contributed by atoms with Gasteiger partial charge in [-0.3, -0.25) is 46.8 Å². The molecule has 15 N–H and O–H groups in total. The molecular formula is C36H48N15O24P4+. The van der Waals surface area contributed by atoms with Gasteiger partial charge in [0.1, 0.15) is 54.6 Å². The molecule has 43 heteroatoms. The van der Waals surface area contributed by atoms with Crippen LogP contribution in [0.4, 0.5) is 17.7 Å². The fourth-order valence-electron chi connectivity index (χ4n) is 8.92. The number of H-pyrrole nitrogens is 2. The molecule has 0 radical (unpaired) electrons. The van der Waals surface area contributed by atoms with Crippen molar-refractivity contribution in [3.05, 3.63) is 46.0 Å². The van der Waals surface area contributed by atoms with E-state index in [9.17, 15) is 62.7 Å². The van der Waals surface area contributed by atoms with Crippen LogP contribution in [0.1, 0.15) is 25.1 Å².